The molecule has 1 rings (SSSR count). The molecule has 112 valence electrons. The molecule has 0 N–H and O–H groups in total. The van der Waals surface area contributed by atoms with E-state index in [9.17, 15) is 9.59 Å². The lowest BCUT2D eigenvalue weighted by molar-refractivity contribution is 0.0585. The van der Waals surface area contributed by atoms with Crippen LogP contribution in [0.4, 0.5) is 0 Å². The van der Waals surface area contributed by atoms with Gasteiger partial charge in [-0.3, -0.25) is 4.79 Å². The lowest BCUT2D eigenvalue weighted by Gasteiger charge is -2.17. The van der Waals surface area contributed by atoms with Crippen LogP contribution >= 0.6 is 34.8 Å². The molecule has 0 aliphatic carbocycles. The summed E-state index contributed by atoms with van der Waals surface area (Å²) < 4.78 is 4.38. The van der Waals surface area contributed by atoms with Crippen LogP contribution in [0.5, 0.6) is 0 Å². The van der Waals surface area contributed by atoms with Gasteiger partial charge in [0.25, 0.3) is 3.79 Å². The molecule has 0 radical (unpaired) electrons. The normalized spacial score (nSPS) is 11.8. The highest BCUT2D eigenvalue weighted by Gasteiger charge is 2.34. The molecule has 0 atom stereocenters. The van der Waals surface area contributed by atoms with Crippen molar-refractivity contribution in [2.75, 3.05) is 7.11 Å². The van der Waals surface area contributed by atoms with Gasteiger partial charge in [-0.25, -0.2) is 4.79 Å². The molecule has 1 aromatic heterocycles. The first-order valence-corrected chi connectivity index (χ1v) is 7.31. The van der Waals surface area contributed by atoms with Crippen molar-refractivity contribution in [2.24, 2.45) is 0 Å². The largest absolute Gasteiger partial charge is 0.464 e. The molecule has 4 nitrogen and oxygen atoms in total. The van der Waals surface area contributed by atoms with E-state index in [1.54, 1.807) is 4.57 Å². The van der Waals surface area contributed by atoms with Crippen LogP contribution in [0.3, 0.4) is 0 Å². The maximum absolute atomic E-state index is 12.0. The van der Waals surface area contributed by atoms with Gasteiger partial charge in [-0.05, 0) is 18.9 Å². The Labute approximate surface area is 132 Å². The Balaban J connectivity index is 3.32. The third-order valence-corrected chi connectivity index (χ3v) is 3.61. The standard InChI is InChI=1S/C13H16Cl3NO3/c1-4-9(5-2)17-7-8(11(18)13(14,15)16)6-10(17)12(19)20-3/h6-7,9H,4-5H2,1-3H3. The van der Waals surface area contributed by atoms with Crippen LogP contribution in [-0.4, -0.2) is 27.2 Å². The van der Waals surface area contributed by atoms with Gasteiger partial charge >= 0.3 is 5.97 Å². The molecule has 0 saturated heterocycles. The SMILES string of the molecule is CCC(CC)n1cc(C(=O)C(Cl)(Cl)Cl)cc1C(=O)OC. The third kappa shape index (κ3) is 3.68. The van der Waals surface area contributed by atoms with Crippen LogP contribution in [0.25, 0.3) is 0 Å². The van der Waals surface area contributed by atoms with Gasteiger partial charge in [0.05, 0.1) is 7.11 Å². The fraction of sp³-hybridized carbons (Fsp3) is 0.538. The molecule has 1 heterocycles. The van der Waals surface area contributed by atoms with Gasteiger partial charge in [0.1, 0.15) is 5.69 Å². The Morgan fingerprint density at radius 1 is 1.30 bits per heavy atom. The van der Waals surface area contributed by atoms with Gasteiger partial charge in [0.15, 0.2) is 0 Å². The Morgan fingerprint density at radius 2 is 1.85 bits per heavy atom. The number of esters is 1. The first-order valence-electron chi connectivity index (χ1n) is 6.17. The summed E-state index contributed by atoms with van der Waals surface area (Å²) in [7, 11) is 1.28. The summed E-state index contributed by atoms with van der Waals surface area (Å²) in [5.74, 6) is -1.20. The van der Waals surface area contributed by atoms with E-state index >= 15 is 0 Å². The van der Waals surface area contributed by atoms with Gasteiger partial charge in [0, 0.05) is 17.8 Å². The minimum atomic E-state index is -2.05. The number of carbonyl (C=O) groups excluding carboxylic acids is 2. The second kappa shape index (κ2) is 6.83. The highest BCUT2D eigenvalue weighted by molar-refractivity contribution is 6.77. The monoisotopic (exact) mass is 339 g/mol. The molecule has 0 aromatic carbocycles. The number of nitrogens with zero attached hydrogens (tertiary/aromatic N) is 1. The number of aromatic nitrogens is 1. The fourth-order valence-corrected chi connectivity index (χ4v) is 2.35. The first-order chi connectivity index (χ1) is 9.26. The Kier molecular flexibility index (Phi) is 5.92. The summed E-state index contributed by atoms with van der Waals surface area (Å²) >= 11 is 16.8. The summed E-state index contributed by atoms with van der Waals surface area (Å²) in [5.41, 5.74) is 0.455. The van der Waals surface area contributed by atoms with E-state index < -0.39 is 15.5 Å². The van der Waals surface area contributed by atoms with E-state index in [-0.39, 0.29) is 17.3 Å². The first kappa shape index (κ1) is 17.3. The summed E-state index contributed by atoms with van der Waals surface area (Å²) in [6.45, 7) is 3.98. The predicted molar refractivity (Wildman–Crippen MR) is 80.0 cm³/mol. The van der Waals surface area contributed by atoms with Crippen molar-refractivity contribution >= 4 is 46.6 Å². The summed E-state index contributed by atoms with van der Waals surface area (Å²) in [6.07, 6.45) is 3.14. The predicted octanol–water partition coefficient (Wildman–Crippen LogP) is 4.19. The summed E-state index contributed by atoms with van der Waals surface area (Å²) in [6, 6.07) is 1.47. The minimum Gasteiger partial charge on any atom is -0.464 e. The lowest BCUT2D eigenvalue weighted by Crippen LogP contribution is -2.18. The van der Waals surface area contributed by atoms with Crippen molar-refractivity contribution in [1.82, 2.24) is 4.57 Å². The molecule has 7 heteroatoms. The maximum atomic E-state index is 12.0. The second-order valence-electron chi connectivity index (χ2n) is 4.31. The highest BCUT2D eigenvalue weighted by Crippen LogP contribution is 2.32. The van der Waals surface area contributed by atoms with Gasteiger partial charge in [0.2, 0.25) is 5.78 Å². The van der Waals surface area contributed by atoms with Crippen LogP contribution in [0.15, 0.2) is 12.3 Å². The van der Waals surface area contributed by atoms with E-state index in [1.807, 2.05) is 13.8 Å². The number of hydrogen-bond acceptors (Lipinski definition) is 3. The van der Waals surface area contributed by atoms with Crippen molar-refractivity contribution in [3.8, 4) is 0 Å². The van der Waals surface area contributed by atoms with Crippen LogP contribution in [0.1, 0.15) is 53.6 Å². The van der Waals surface area contributed by atoms with Gasteiger partial charge < -0.3 is 9.30 Å². The lowest BCUT2D eigenvalue weighted by atomic mass is 10.1. The molecule has 0 spiro atoms. The summed E-state index contributed by atoms with van der Waals surface area (Å²) in [4.78, 5) is 23.8. The average Bonchev–Trinajstić information content (AvgIpc) is 2.82. The van der Waals surface area contributed by atoms with Crippen molar-refractivity contribution in [2.45, 2.75) is 36.5 Å². The smallest absolute Gasteiger partial charge is 0.354 e. The van der Waals surface area contributed by atoms with Crippen LogP contribution in [0, 0.1) is 0 Å². The number of Topliss-reactive ketones (excluding diaryl/α,β-unsaturated/α-hetero) is 1. The van der Waals surface area contributed by atoms with E-state index in [2.05, 4.69) is 0 Å². The minimum absolute atomic E-state index is 0.0704. The van der Waals surface area contributed by atoms with E-state index in [4.69, 9.17) is 39.5 Å². The van der Waals surface area contributed by atoms with E-state index in [0.717, 1.165) is 12.8 Å². The van der Waals surface area contributed by atoms with Crippen LogP contribution in [-0.2, 0) is 4.74 Å². The van der Waals surface area contributed by atoms with Crippen LogP contribution in [0.2, 0.25) is 0 Å². The topological polar surface area (TPSA) is 48.3 Å². The number of carbonyl (C=O) groups is 2. The maximum Gasteiger partial charge on any atom is 0.354 e. The number of hydrogen-bond donors (Lipinski definition) is 0. The zero-order valence-electron chi connectivity index (χ0n) is 11.5. The molecule has 0 saturated carbocycles. The molecule has 0 aliphatic rings. The Morgan fingerprint density at radius 3 is 2.25 bits per heavy atom. The third-order valence-electron chi connectivity index (χ3n) is 3.10. The van der Waals surface area contributed by atoms with Crippen molar-refractivity contribution in [3.05, 3.63) is 23.5 Å². The van der Waals surface area contributed by atoms with Crippen molar-refractivity contribution < 1.29 is 14.3 Å². The highest BCUT2D eigenvalue weighted by atomic mass is 35.6. The van der Waals surface area contributed by atoms with Gasteiger partial charge in [-0.1, -0.05) is 48.7 Å². The number of ether oxygens (including phenoxy) is 1. The molecule has 20 heavy (non-hydrogen) atoms. The zero-order chi connectivity index (χ0) is 15.5. The van der Waals surface area contributed by atoms with E-state index in [0.29, 0.717) is 0 Å². The second-order valence-corrected chi connectivity index (χ2v) is 6.59. The molecule has 0 fully saturated rings. The molecule has 0 amide bonds. The zero-order valence-corrected chi connectivity index (χ0v) is 13.7. The number of alkyl halides is 3. The molecule has 0 bridgehead atoms. The number of ketones is 1. The van der Waals surface area contributed by atoms with Gasteiger partial charge in [-0.15, -0.1) is 0 Å². The molecule has 1 aromatic rings. The number of methoxy groups -OCH3 is 1. The number of rotatable bonds is 5. The fourth-order valence-electron chi connectivity index (χ4n) is 2.02. The van der Waals surface area contributed by atoms with Crippen LogP contribution < -0.4 is 0 Å². The number of halogens is 3. The molecule has 0 aliphatic heterocycles. The van der Waals surface area contributed by atoms with Gasteiger partial charge in [-0.2, -0.15) is 0 Å². The molecular formula is C13H16Cl3NO3. The average molecular weight is 341 g/mol. The molecule has 0 unspecified atom stereocenters. The Hall–Kier alpha value is -0.710. The van der Waals surface area contributed by atoms with Crippen molar-refractivity contribution in [3.63, 3.8) is 0 Å². The van der Waals surface area contributed by atoms with Crippen molar-refractivity contribution in [1.29, 1.82) is 0 Å². The summed E-state index contributed by atoms with van der Waals surface area (Å²) in [5, 5.41) is 0. The quantitative estimate of drug-likeness (QED) is 0.459. The molecular weight excluding hydrogens is 325 g/mol. The Bertz CT molecular complexity index is 501. The van der Waals surface area contributed by atoms with E-state index in [1.165, 1.54) is 19.4 Å².